The summed E-state index contributed by atoms with van der Waals surface area (Å²) in [7, 11) is -3.21. The van der Waals surface area contributed by atoms with Crippen LogP contribution in [-0.4, -0.2) is 42.7 Å². The molecule has 1 aliphatic rings. The molecule has 1 saturated heterocycles. The summed E-state index contributed by atoms with van der Waals surface area (Å²) >= 11 is 0. The van der Waals surface area contributed by atoms with Crippen LogP contribution in [0, 0.1) is 5.92 Å². The third-order valence-corrected chi connectivity index (χ3v) is 6.28. The van der Waals surface area contributed by atoms with Gasteiger partial charge in [0.05, 0.1) is 10.9 Å². The van der Waals surface area contributed by atoms with Crippen LogP contribution in [0.25, 0.3) is 0 Å². The first-order chi connectivity index (χ1) is 10.9. The average Bonchev–Trinajstić information content (AvgIpc) is 2.49. The van der Waals surface area contributed by atoms with Gasteiger partial charge >= 0.3 is 0 Å². The Kier molecular flexibility index (Phi) is 6.56. The molecule has 2 heterocycles. The maximum Gasteiger partial charge on any atom is 0.214 e. The summed E-state index contributed by atoms with van der Waals surface area (Å²) in [6.07, 6.45) is 4.24. The van der Waals surface area contributed by atoms with Crippen LogP contribution in [0.2, 0.25) is 0 Å². The minimum absolute atomic E-state index is 0.0644. The normalized spacial score (nSPS) is 19.1. The molecule has 0 bridgehead atoms. The standard InChI is InChI=1S/C17H29N3O2S/c1-14(2)12-15(3)23(21,22)19-16-7-10-20(11-8-16)13-17-6-4-5-9-18-17/h4-6,9,14-16,19H,7-8,10-13H2,1-3H3. The average molecular weight is 340 g/mol. The second-order valence-corrected chi connectivity index (χ2v) is 9.10. The van der Waals surface area contributed by atoms with E-state index < -0.39 is 10.0 Å². The van der Waals surface area contributed by atoms with Crippen molar-refractivity contribution in [1.29, 1.82) is 0 Å². The molecule has 1 unspecified atom stereocenters. The highest BCUT2D eigenvalue weighted by Crippen LogP contribution is 2.17. The Morgan fingerprint density at radius 3 is 2.52 bits per heavy atom. The fourth-order valence-electron chi connectivity index (χ4n) is 3.07. The van der Waals surface area contributed by atoms with Crippen LogP contribution < -0.4 is 4.72 Å². The fraction of sp³-hybridized carbons (Fsp3) is 0.706. The fourth-order valence-corrected chi connectivity index (χ4v) is 4.64. The van der Waals surface area contributed by atoms with Crippen LogP contribution in [0.15, 0.2) is 24.4 Å². The van der Waals surface area contributed by atoms with Gasteiger partial charge in [-0.2, -0.15) is 0 Å². The maximum atomic E-state index is 12.4. The Hall–Kier alpha value is -0.980. The van der Waals surface area contributed by atoms with Crippen LogP contribution in [0.4, 0.5) is 0 Å². The van der Waals surface area contributed by atoms with Gasteiger partial charge in [0.2, 0.25) is 10.0 Å². The lowest BCUT2D eigenvalue weighted by Gasteiger charge is -2.32. The molecule has 1 N–H and O–H groups in total. The van der Waals surface area contributed by atoms with Crippen molar-refractivity contribution >= 4 is 10.0 Å². The van der Waals surface area contributed by atoms with E-state index in [0.717, 1.165) is 38.2 Å². The largest absolute Gasteiger partial charge is 0.297 e. The molecule has 5 nitrogen and oxygen atoms in total. The Labute approximate surface area is 140 Å². The summed E-state index contributed by atoms with van der Waals surface area (Å²) in [6.45, 7) is 8.57. The first-order valence-corrected chi connectivity index (χ1v) is 10.0. The molecule has 6 heteroatoms. The second-order valence-electron chi connectivity index (χ2n) is 6.97. The summed E-state index contributed by atoms with van der Waals surface area (Å²) in [4.78, 5) is 6.69. The number of aromatic nitrogens is 1. The van der Waals surface area contributed by atoms with Crippen molar-refractivity contribution in [2.45, 2.75) is 57.9 Å². The summed E-state index contributed by atoms with van der Waals surface area (Å²) in [5, 5.41) is -0.325. The molecule has 1 fully saturated rings. The summed E-state index contributed by atoms with van der Waals surface area (Å²) in [5.41, 5.74) is 1.07. The lowest BCUT2D eigenvalue weighted by Crippen LogP contribution is -2.46. The Morgan fingerprint density at radius 1 is 1.26 bits per heavy atom. The first kappa shape index (κ1) is 18.4. The smallest absolute Gasteiger partial charge is 0.214 e. The number of hydrogen-bond donors (Lipinski definition) is 1. The van der Waals surface area contributed by atoms with Gasteiger partial charge in [-0.25, -0.2) is 13.1 Å². The van der Waals surface area contributed by atoms with Gasteiger partial charge in [-0.1, -0.05) is 19.9 Å². The Balaban J connectivity index is 1.80. The van der Waals surface area contributed by atoms with Crippen molar-refractivity contribution in [3.63, 3.8) is 0 Å². The molecule has 0 spiro atoms. The van der Waals surface area contributed by atoms with E-state index in [2.05, 4.69) is 28.5 Å². The van der Waals surface area contributed by atoms with Crippen molar-refractivity contribution < 1.29 is 8.42 Å². The van der Waals surface area contributed by atoms with E-state index in [1.54, 1.807) is 6.92 Å². The summed E-state index contributed by atoms with van der Waals surface area (Å²) < 4.78 is 27.7. The van der Waals surface area contributed by atoms with Crippen LogP contribution >= 0.6 is 0 Å². The highest BCUT2D eigenvalue weighted by molar-refractivity contribution is 7.90. The van der Waals surface area contributed by atoms with E-state index in [1.165, 1.54) is 0 Å². The highest BCUT2D eigenvalue weighted by atomic mass is 32.2. The highest BCUT2D eigenvalue weighted by Gasteiger charge is 2.27. The summed E-state index contributed by atoms with van der Waals surface area (Å²) in [6, 6.07) is 6.01. The van der Waals surface area contributed by atoms with E-state index in [-0.39, 0.29) is 11.3 Å². The summed E-state index contributed by atoms with van der Waals surface area (Å²) in [5.74, 6) is 0.391. The van der Waals surface area contributed by atoms with Crippen LogP contribution in [0.1, 0.15) is 45.7 Å². The molecule has 0 aliphatic carbocycles. The molecule has 2 rings (SSSR count). The quantitative estimate of drug-likeness (QED) is 0.828. The monoisotopic (exact) mass is 339 g/mol. The van der Waals surface area contributed by atoms with Crippen LogP contribution in [0.3, 0.4) is 0 Å². The number of rotatable bonds is 7. The van der Waals surface area contributed by atoms with E-state index in [9.17, 15) is 8.42 Å². The van der Waals surface area contributed by atoms with Gasteiger partial charge in [-0.3, -0.25) is 9.88 Å². The molecule has 130 valence electrons. The molecular formula is C17H29N3O2S. The van der Waals surface area contributed by atoms with Gasteiger partial charge in [-0.05, 0) is 44.2 Å². The third-order valence-electron chi connectivity index (χ3n) is 4.36. The van der Waals surface area contributed by atoms with Crippen molar-refractivity contribution in [2.75, 3.05) is 13.1 Å². The minimum Gasteiger partial charge on any atom is -0.297 e. The second kappa shape index (κ2) is 8.22. The number of hydrogen-bond acceptors (Lipinski definition) is 4. The van der Waals surface area contributed by atoms with Crippen LogP contribution in [0.5, 0.6) is 0 Å². The Morgan fingerprint density at radius 2 is 1.96 bits per heavy atom. The number of sulfonamides is 1. The van der Waals surface area contributed by atoms with Gasteiger partial charge in [0.15, 0.2) is 0 Å². The Bertz CT molecular complexity index is 567. The molecule has 0 radical (unpaired) electrons. The topological polar surface area (TPSA) is 62.3 Å². The number of nitrogens with zero attached hydrogens (tertiary/aromatic N) is 2. The van der Waals surface area contributed by atoms with Gasteiger partial charge in [0.25, 0.3) is 0 Å². The third kappa shape index (κ3) is 5.86. The van der Waals surface area contributed by atoms with Crippen molar-refractivity contribution in [2.24, 2.45) is 5.92 Å². The van der Waals surface area contributed by atoms with Crippen molar-refractivity contribution in [1.82, 2.24) is 14.6 Å². The maximum absolute atomic E-state index is 12.4. The van der Waals surface area contributed by atoms with Gasteiger partial charge < -0.3 is 0 Å². The van der Waals surface area contributed by atoms with Crippen LogP contribution in [-0.2, 0) is 16.6 Å². The number of nitrogens with one attached hydrogen (secondary N) is 1. The molecule has 1 aliphatic heterocycles. The minimum atomic E-state index is -3.21. The van der Waals surface area contributed by atoms with Gasteiger partial charge in [0.1, 0.15) is 0 Å². The molecule has 1 aromatic heterocycles. The zero-order chi connectivity index (χ0) is 16.9. The van der Waals surface area contributed by atoms with Crippen molar-refractivity contribution in [3.05, 3.63) is 30.1 Å². The van der Waals surface area contributed by atoms with E-state index in [0.29, 0.717) is 12.3 Å². The number of piperidine rings is 1. The molecular weight excluding hydrogens is 310 g/mol. The van der Waals surface area contributed by atoms with Gasteiger partial charge in [0, 0.05) is 31.9 Å². The lowest BCUT2D eigenvalue weighted by molar-refractivity contribution is 0.197. The lowest BCUT2D eigenvalue weighted by atomic mass is 10.1. The predicted molar refractivity (Wildman–Crippen MR) is 93.5 cm³/mol. The van der Waals surface area contributed by atoms with Crippen molar-refractivity contribution in [3.8, 4) is 0 Å². The number of likely N-dealkylation sites (tertiary alicyclic amines) is 1. The zero-order valence-electron chi connectivity index (χ0n) is 14.4. The molecule has 1 aromatic rings. The molecule has 1 atom stereocenters. The molecule has 23 heavy (non-hydrogen) atoms. The SMILES string of the molecule is CC(C)CC(C)S(=O)(=O)NC1CCN(Cc2ccccn2)CC1. The van der Waals surface area contributed by atoms with Gasteiger partial charge in [-0.15, -0.1) is 0 Å². The predicted octanol–water partition coefficient (Wildman–Crippen LogP) is 2.40. The first-order valence-electron chi connectivity index (χ1n) is 8.50. The molecule has 0 saturated carbocycles. The molecule has 0 aromatic carbocycles. The van der Waals surface area contributed by atoms with E-state index >= 15 is 0 Å². The van der Waals surface area contributed by atoms with E-state index in [1.807, 2.05) is 24.4 Å². The number of pyridine rings is 1. The van der Waals surface area contributed by atoms with E-state index in [4.69, 9.17) is 0 Å². The molecule has 0 amide bonds. The zero-order valence-corrected chi connectivity index (χ0v) is 15.2.